The van der Waals surface area contributed by atoms with Crippen LogP contribution in [0.4, 0.5) is 0 Å². The first-order valence-electron chi connectivity index (χ1n) is 11.0. The normalized spacial score (nSPS) is 21.1. The van der Waals surface area contributed by atoms with Crippen LogP contribution in [0.15, 0.2) is 30.3 Å². The number of benzene rings is 1. The van der Waals surface area contributed by atoms with Crippen LogP contribution in [0.3, 0.4) is 0 Å². The topological polar surface area (TPSA) is 32.8 Å². The van der Waals surface area contributed by atoms with Gasteiger partial charge in [-0.25, -0.2) is 0 Å². The quantitative estimate of drug-likeness (QED) is 0.711. The fourth-order valence-electron chi connectivity index (χ4n) is 4.60. The summed E-state index contributed by atoms with van der Waals surface area (Å²) in [6.07, 6.45) is 9.36. The van der Waals surface area contributed by atoms with E-state index in [9.17, 15) is 4.79 Å². The highest BCUT2D eigenvalue weighted by Crippen LogP contribution is 2.29. The molecule has 1 saturated carbocycles. The maximum absolute atomic E-state index is 13.3. The zero-order chi connectivity index (χ0) is 19.1. The number of amides is 1. The first-order chi connectivity index (χ1) is 13.2. The van der Waals surface area contributed by atoms with E-state index in [2.05, 4.69) is 30.9 Å². The summed E-state index contributed by atoms with van der Waals surface area (Å²) in [6, 6.07) is 10.1. The van der Waals surface area contributed by atoms with Gasteiger partial charge in [0.25, 0.3) is 0 Å². The zero-order valence-electron chi connectivity index (χ0n) is 17.1. The molecule has 3 rings (SSSR count). The van der Waals surface area contributed by atoms with Crippen molar-refractivity contribution in [3.05, 3.63) is 35.9 Å². The minimum atomic E-state index is -0.165. The first-order valence-corrected chi connectivity index (χ1v) is 11.0. The molecule has 1 aliphatic heterocycles. The van der Waals surface area contributed by atoms with Crippen LogP contribution in [-0.4, -0.2) is 54.1 Å². The minimum Gasteiger partial charge on any atom is -0.375 e. The molecule has 1 atom stereocenters. The summed E-state index contributed by atoms with van der Waals surface area (Å²) in [5.41, 5.74) is 1.11. The summed E-state index contributed by atoms with van der Waals surface area (Å²) < 4.78 is 6.39. The van der Waals surface area contributed by atoms with Crippen molar-refractivity contribution in [3.63, 3.8) is 0 Å². The lowest BCUT2D eigenvalue weighted by atomic mass is 9.96. The van der Waals surface area contributed by atoms with E-state index < -0.39 is 0 Å². The number of carbonyl (C=O) groups excluding carboxylic acids is 1. The van der Waals surface area contributed by atoms with Crippen LogP contribution in [0.2, 0.25) is 0 Å². The van der Waals surface area contributed by atoms with Crippen molar-refractivity contribution >= 4 is 5.91 Å². The van der Waals surface area contributed by atoms with Crippen LogP contribution in [0, 0.1) is 0 Å². The molecule has 2 fully saturated rings. The van der Waals surface area contributed by atoms with Gasteiger partial charge in [0.2, 0.25) is 5.91 Å². The number of ether oxygens (including phenoxy) is 1. The third-order valence-electron chi connectivity index (χ3n) is 6.20. The summed E-state index contributed by atoms with van der Waals surface area (Å²) in [6.45, 7) is 7.52. The number of likely N-dealkylation sites (N-methyl/N-ethyl adjacent to an activating group) is 1. The predicted octanol–water partition coefficient (Wildman–Crippen LogP) is 4.41. The van der Waals surface area contributed by atoms with E-state index in [4.69, 9.17) is 4.74 Å². The molecule has 1 saturated heterocycles. The lowest BCUT2D eigenvalue weighted by molar-refractivity contribution is -0.138. The Bertz CT molecular complexity index is 559. The monoisotopic (exact) mass is 372 g/mol. The van der Waals surface area contributed by atoms with Crippen molar-refractivity contribution in [1.82, 2.24) is 9.80 Å². The molecule has 1 aliphatic carbocycles. The summed E-state index contributed by atoms with van der Waals surface area (Å²) in [4.78, 5) is 17.6. The fraction of sp³-hybridized carbons (Fsp3) is 0.696. The Morgan fingerprint density at radius 1 is 1.00 bits per heavy atom. The van der Waals surface area contributed by atoms with Crippen LogP contribution in [-0.2, 0) is 9.53 Å². The van der Waals surface area contributed by atoms with E-state index >= 15 is 0 Å². The standard InChI is InChI=1S/C23H36N2O2/c1-3-24(4-2)23(26)22(19-11-7-5-8-12-19)25-17-15-21(16-18-25)27-20-13-9-6-10-14-20/h5,7-8,11-12,20-22H,3-4,6,9-10,13-18H2,1-2H3. The number of hydrogen-bond donors (Lipinski definition) is 0. The largest absolute Gasteiger partial charge is 0.375 e. The number of nitrogens with zero attached hydrogens (tertiary/aromatic N) is 2. The maximum Gasteiger partial charge on any atom is 0.244 e. The molecule has 1 aromatic carbocycles. The van der Waals surface area contributed by atoms with Gasteiger partial charge in [0.15, 0.2) is 0 Å². The van der Waals surface area contributed by atoms with E-state index in [1.165, 1.54) is 32.1 Å². The Labute approximate surface area is 164 Å². The smallest absolute Gasteiger partial charge is 0.244 e. The second-order valence-corrected chi connectivity index (χ2v) is 7.96. The van der Waals surface area contributed by atoms with Gasteiger partial charge in [-0.05, 0) is 45.1 Å². The van der Waals surface area contributed by atoms with Crippen molar-refractivity contribution in [2.24, 2.45) is 0 Å². The Hall–Kier alpha value is -1.39. The molecular formula is C23H36N2O2. The van der Waals surface area contributed by atoms with Gasteiger partial charge < -0.3 is 9.64 Å². The summed E-state index contributed by atoms with van der Waals surface area (Å²) in [5, 5.41) is 0. The van der Waals surface area contributed by atoms with Gasteiger partial charge in [0, 0.05) is 26.2 Å². The summed E-state index contributed by atoms with van der Waals surface area (Å²) in [5.74, 6) is 0.234. The SMILES string of the molecule is CCN(CC)C(=O)C(c1ccccc1)N1CCC(OC2CCCCC2)CC1. The van der Waals surface area contributed by atoms with Gasteiger partial charge >= 0.3 is 0 Å². The van der Waals surface area contributed by atoms with E-state index in [1.807, 2.05) is 23.1 Å². The molecule has 0 bridgehead atoms. The van der Waals surface area contributed by atoms with Crippen molar-refractivity contribution < 1.29 is 9.53 Å². The molecule has 1 amide bonds. The second kappa shape index (κ2) is 10.2. The molecule has 1 heterocycles. The molecule has 0 spiro atoms. The van der Waals surface area contributed by atoms with E-state index in [0.29, 0.717) is 12.2 Å². The van der Waals surface area contributed by atoms with E-state index in [1.54, 1.807) is 0 Å². The van der Waals surface area contributed by atoms with E-state index in [0.717, 1.165) is 44.6 Å². The Morgan fingerprint density at radius 2 is 1.59 bits per heavy atom. The lowest BCUT2D eigenvalue weighted by Gasteiger charge is -2.39. The van der Waals surface area contributed by atoms with Gasteiger partial charge in [-0.1, -0.05) is 49.6 Å². The molecular weight excluding hydrogens is 336 g/mol. The van der Waals surface area contributed by atoms with Gasteiger partial charge in [-0.2, -0.15) is 0 Å². The highest BCUT2D eigenvalue weighted by Gasteiger charge is 2.33. The molecule has 27 heavy (non-hydrogen) atoms. The van der Waals surface area contributed by atoms with Gasteiger partial charge in [0.1, 0.15) is 6.04 Å². The van der Waals surface area contributed by atoms with Gasteiger partial charge in [-0.3, -0.25) is 9.69 Å². The van der Waals surface area contributed by atoms with Crippen molar-refractivity contribution in [1.29, 1.82) is 0 Å². The zero-order valence-corrected chi connectivity index (χ0v) is 17.1. The van der Waals surface area contributed by atoms with Crippen LogP contribution < -0.4 is 0 Å². The molecule has 4 nitrogen and oxygen atoms in total. The van der Waals surface area contributed by atoms with E-state index in [-0.39, 0.29) is 11.9 Å². The summed E-state index contributed by atoms with van der Waals surface area (Å²) >= 11 is 0. The van der Waals surface area contributed by atoms with Gasteiger partial charge in [0.05, 0.1) is 12.2 Å². The fourth-order valence-corrected chi connectivity index (χ4v) is 4.60. The minimum absolute atomic E-state index is 0.165. The van der Waals surface area contributed by atoms with Crippen molar-refractivity contribution in [3.8, 4) is 0 Å². The van der Waals surface area contributed by atoms with Crippen LogP contribution in [0.25, 0.3) is 0 Å². The molecule has 0 N–H and O–H groups in total. The van der Waals surface area contributed by atoms with Crippen LogP contribution in [0.1, 0.15) is 70.4 Å². The Kier molecular flexibility index (Phi) is 7.71. The van der Waals surface area contributed by atoms with Gasteiger partial charge in [-0.15, -0.1) is 0 Å². The van der Waals surface area contributed by atoms with Crippen molar-refractivity contribution in [2.75, 3.05) is 26.2 Å². The number of hydrogen-bond acceptors (Lipinski definition) is 3. The lowest BCUT2D eigenvalue weighted by Crippen LogP contribution is -2.47. The molecule has 1 aromatic rings. The number of rotatable bonds is 7. The average Bonchev–Trinajstić information content (AvgIpc) is 2.72. The molecule has 4 heteroatoms. The van der Waals surface area contributed by atoms with Crippen molar-refractivity contribution in [2.45, 2.75) is 77.0 Å². The Balaban J connectivity index is 1.64. The third kappa shape index (κ3) is 5.32. The van der Waals surface area contributed by atoms with Crippen LogP contribution >= 0.6 is 0 Å². The maximum atomic E-state index is 13.3. The number of piperidine rings is 1. The molecule has 0 radical (unpaired) electrons. The second-order valence-electron chi connectivity index (χ2n) is 7.96. The average molecular weight is 373 g/mol. The molecule has 150 valence electrons. The molecule has 2 aliphatic rings. The molecule has 1 unspecified atom stereocenters. The summed E-state index contributed by atoms with van der Waals surface area (Å²) in [7, 11) is 0. The molecule has 0 aromatic heterocycles. The predicted molar refractivity (Wildman–Crippen MR) is 110 cm³/mol. The first kappa shape index (κ1) is 20.3. The Morgan fingerprint density at radius 3 is 2.19 bits per heavy atom. The highest BCUT2D eigenvalue weighted by molar-refractivity contribution is 5.83. The number of likely N-dealkylation sites (tertiary alicyclic amines) is 1. The van der Waals surface area contributed by atoms with Crippen LogP contribution in [0.5, 0.6) is 0 Å². The number of carbonyl (C=O) groups is 1. The third-order valence-corrected chi connectivity index (χ3v) is 6.20. The highest BCUT2D eigenvalue weighted by atomic mass is 16.5.